The summed E-state index contributed by atoms with van der Waals surface area (Å²) in [5.41, 5.74) is 0. The lowest BCUT2D eigenvalue weighted by Gasteiger charge is -2.41. The number of allylic oxidation sites excluding steroid dienone is 2. The first kappa shape index (κ1) is 82.8. The number of ether oxygens (including phenoxy) is 1. The first-order valence-electron chi connectivity index (χ1n) is 32.7. The van der Waals surface area contributed by atoms with Gasteiger partial charge < -0.3 is 70.3 Å². The molecule has 522 valence electrons. The minimum Gasteiger partial charge on any atom is -0.390 e. The van der Waals surface area contributed by atoms with Crippen LogP contribution < -0.4 is 21.3 Å². The molecule has 0 aromatic heterocycles. The molecule has 11 amide bonds. The predicted molar refractivity (Wildman–Crippen MR) is 352 cm³/mol. The largest absolute Gasteiger partial charge is 0.390 e. The number of nitrogens with zero attached hydrogens (tertiary/aromatic N) is 8. The quantitative estimate of drug-likeness (QED) is 0.0919. The summed E-state index contributed by atoms with van der Waals surface area (Å²) in [6, 6.07) is -14.1. The van der Waals surface area contributed by atoms with Crippen molar-refractivity contribution < 1.29 is 62.6 Å². The predicted octanol–water partition coefficient (Wildman–Crippen LogP) is 2.83. The summed E-state index contributed by atoms with van der Waals surface area (Å²) in [6.45, 7) is 29.8. The number of aliphatic hydroxyl groups is 1. The number of carbonyl (C=O) groups excluding carboxylic acids is 11. The number of aliphatic hydroxyl groups excluding tert-OH is 1. The zero-order valence-electron chi connectivity index (χ0n) is 60.2. The standard InChI is InChI=1S/C66H120N12O13/c1-27-29-30-43(15)55(79)54-59(83)69-46(28-2)61(85)75(23)50(36-91-32-31-71(18)19)64(88)76(24)52(41(11)12)58(82)70-51(40(9)10)65(89)72(20)47(33-37(3)4)57(81)67-44(16)56(80)68-45(17)60(84)73(21)48(34-38(5)6)62(86)74(22)49(35-39(7)8)63(87)77(25)53(42(13)14)66(90)78(54)26/h27,29,37-55,79H,28,30-36H2,1-26H3,(H,67,81)(H,68,80)(H,69,83)(H,70,82)/b29-27+/t43-,44+,45-,46+,47+,48+,49+,50-,51+,52+,53+,54+,55-/m1/s1. The Kier molecular flexibility index (Phi) is 34.7. The van der Waals surface area contributed by atoms with E-state index in [0.717, 1.165) is 9.80 Å². The molecule has 1 fully saturated rings. The molecule has 0 radical (unpaired) electrons. The van der Waals surface area contributed by atoms with E-state index in [9.17, 15) is 33.9 Å². The number of hydrogen-bond donors (Lipinski definition) is 5. The fourth-order valence-electron chi connectivity index (χ4n) is 11.4. The Morgan fingerprint density at radius 2 is 0.890 bits per heavy atom. The summed E-state index contributed by atoms with van der Waals surface area (Å²) in [4.78, 5) is 173. The highest BCUT2D eigenvalue weighted by atomic mass is 16.5. The molecule has 25 nitrogen and oxygen atoms in total. The van der Waals surface area contributed by atoms with E-state index in [2.05, 4.69) is 21.3 Å². The maximum atomic E-state index is 15.3. The molecule has 0 unspecified atom stereocenters. The molecule has 0 spiro atoms. The highest BCUT2D eigenvalue weighted by Gasteiger charge is 2.46. The molecule has 0 saturated carbocycles. The Hall–Kier alpha value is -6.21. The first-order valence-corrected chi connectivity index (χ1v) is 32.7. The maximum Gasteiger partial charge on any atom is 0.248 e. The minimum absolute atomic E-state index is 0.0259. The third kappa shape index (κ3) is 23.4. The summed E-state index contributed by atoms with van der Waals surface area (Å²) in [6.07, 6.45) is 2.75. The Morgan fingerprint density at radius 3 is 1.35 bits per heavy atom. The van der Waals surface area contributed by atoms with E-state index in [-0.39, 0.29) is 56.7 Å². The van der Waals surface area contributed by atoms with Crippen molar-refractivity contribution in [3.8, 4) is 0 Å². The molecule has 91 heavy (non-hydrogen) atoms. The molecule has 13 atom stereocenters. The van der Waals surface area contributed by atoms with E-state index in [0.29, 0.717) is 13.0 Å². The normalized spacial score (nSPS) is 26.8. The van der Waals surface area contributed by atoms with Crippen LogP contribution in [0.5, 0.6) is 0 Å². The van der Waals surface area contributed by atoms with Crippen molar-refractivity contribution in [3.05, 3.63) is 12.2 Å². The fourth-order valence-corrected chi connectivity index (χ4v) is 11.4. The summed E-state index contributed by atoms with van der Waals surface area (Å²) in [5, 5.41) is 23.3. The fraction of sp³-hybridized carbons (Fsp3) is 0.803. The minimum atomic E-state index is -1.65. The van der Waals surface area contributed by atoms with Gasteiger partial charge in [-0.15, -0.1) is 0 Å². The van der Waals surface area contributed by atoms with Gasteiger partial charge in [0.25, 0.3) is 0 Å². The van der Waals surface area contributed by atoms with Crippen molar-refractivity contribution in [2.75, 3.05) is 83.2 Å². The lowest BCUT2D eigenvalue weighted by atomic mass is 9.91. The molecule has 0 aromatic rings. The lowest BCUT2D eigenvalue weighted by Crippen LogP contribution is -2.64. The molecular weight excluding hydrogens is 1170 g/mol. The summed E-state index contributed by atoms with van der Waals surface area (Å²) in [7, 11) is 13.6. The topological polar surface area (TPSA) is 291 Å². The number of amides is 11. The Bertz CT molecular complexity index is 2470. The molecule has 5 N–H and O–H groups in total. The Morgan fingerprint density at radius 1 is 0.473 bits per heavy atom. The average Bonchev–Trinajstić information content (AvgIpc) is 0.833. The number of hydrogen-bond acceptors (Lipinski definition) is 14. The van der Waals surface area contributed by atoms with E-state index in [1.807, 2.05) is 60.5 Å². The highest BCUT2D eigenvalue weighted by molar-refractivity contribution is 6.00. The van der Waals surface area contributed by atoms with E-state index < -0.39 is 161 Å². The average molecular weight is 1290 g/mol. The number of rotatable bonds is 19. The molecule has 1 aliphatic rings. The van der Waals surface area contributed by atoms with Gasteiger partial charge in [-0.2, -0.15) is 0 Å². The van der Waals surface area contributed by atoms with Gasteiger partial charge in [0.2, 0.25) is 65.0 Å². The molecule has 1 aliphatic heterocycles. The van der Waals surface area contributed by atoms with Crippen LogP contribution in [0, 0.1) is 41.4 Å². The van der Waals surface area contributed by atoms with Crippen LogP contribution in [-0.2, 0) is 57.5 Å². The van der Waals surface area contributed by atoms with Crippen LogP contribution >= 0.6 is 0 Å². The van der Waals surface area contributed by atoms with Crippen LogP contribution in [0.4, 0.5) is 0 Å². The van der Waals surface area contributed by atoms with E-state index in [1.54, 1.807) is 74.5 Å². The van der Waals surface area contributed by atoms with Crippen LogP contribution in [0.15, 0.2) is 12.2 Å². The molecule has 1 heterocycles. The van der Waals surface area contributed by atoms with Gasteiger partial charge in [-0.3, -0.25) is 52.7 Å². The SMILES string of the molecule is C/C=C/C[C@@H](C)[C@@H](O)[C@H]1C(=O)N[C@@H](CC)C(=O)N(C)[C@H](COCCN(C)C)C(=O)N(C)[C@@H](C(C)C)C(=O)N[C@@H](C(C)C)C(=O)N(C)[C@@H](CC(C)C)C(=O)N[C@@H](C)C(=O)N[C@H](C)C(=O)N(C)[C@@H](CC(C)C)C(=O)N(C)[C@@H](CC(C)C)C(=O)N(C)[C@@H](C(C)C)C(=O)N1C. The molecule has 1 rings (SSSR count). The molecule has 0 bridgehead atoms. The lowest BCUT2D eigenvalue weighted by molar-refractivity contribution is -0.157. The highest BCUT2D eigenvalue weighted by Crippen LogP contribution is 2.26. The molecule has 1 saturated heterocycles. The second-order valence-corrected chi connectivity index (χ2v) is 27.7. The Labute approximate surface area is 545 Å². The van der Waals surface area contributed by atoms with Gasteiger partial charge in [-0.25, -0.2) is 0 Å². The molecule has 25 heteroatoms. The van der Waals surface area contributed by atoms with Gasteiger partial charge in [0.15, 0.2) is 0 Å². The maximum absolute atomic E-state index is 15.3. The summed E-state index contributed by atoms with van der Waals surface area (Å²) < 4.78 is 6.06. The zero-order chi connectivity index (χ0) is 70.5. The summed E-state index contributed by atoms with van der Waals surface area (Å²) in [5.74, 6) is -10.6. The van der Waals surface area contributed by atoms with Gasteiger partial charge in [-0.05, 0) is 108 Å². The first-order chi connectivity index (χ1) is 42.0. The van der Waals surface area contributed by atoms with Crippen molar-refractivity contribution in [3.63, 3.8) is 0 Å². The van der Waals surface area contributed by atoms with E-state index in [4.69, 9.17) is 4.74 Å². The smallest absolute Gasteiger partial charge is 0.248 e. The number of nitrogens with one attached hydrogen (secondary N) is 4. The van der Waals surface area contributed by atoms with Crippen molar-refractivity contribution >= 4 is 65.0 Å². The zero-order valence-corrected chi connectivity index (χ0v) is 60.2. The van der Waals surface area contributed by atoms with Gasteiger partial charge in [-0.1, -0.05) is 109 Å². The van der Waals surface area contributed by atoms with Gasteiger partial charge in [0.05, 0.1) is 19.3 Å². The van der Waals surface area contributed by atoms with E-state index in [1.165, 1.54) is 87.7 Å². The third-order valence-electron chi connectivity index (χ3n) is 17.2. The number of carbonyl (C=O) groups is 11. The van der Waals surface area contributed by atoms with Gasteiger partial charge in [0.1, 0.15) is 66.5 Å². The third-order valence-corrected chi connectivity index (χ3v) is 17.2. The summed E-state index contributed by atoms with van der Waals surface area (Å²) >= 11 is 0. The monoisotopic (exact) mass is 1290 g/mol. The van der Waals surface area contributed by atoms with Crippen molar-refractivity contribution in [1.29, 1.82) is 0 Å². The second kappa shape index (κ2) is 38.1. The van der Waals surface area contributed by atoms with Gasteiger partial charge >= 0.3 is 0 Å². The molecule has 0 aromatic carbocycles. The number of likely N-dealkylation sites (N-methyl/N-ethyl adjacent to an activating group) is 8. The van der Waals surface area contributed by atoms with Crippen LogP contribution in [0.2, 0.25) is 0 Å². The van der Waals surface area contributed by atoms with E-state index >= 15 is 24.0 Å². The van der Waals surface area contributed by atoms with Crippen LogP contribution in [0.25, 0.3) is 0 Å². The second-order valence-electron chi connectivity index (χ2n) is 27.7. The van der Waals surface area contributed by atoms with Crippen molar-refractivity contribution in [2.45, 2.75) is 222 Å². The van der Waals surface area contributed by atoms with Crippen LogP contribution in [0.3, 0.4) is 0 Å². The van der Waals surface area contributed by atoms with Crippen molar-refractivity contribution in [1.82, 2.24) is 60.5 Å². The van der Waals surface area contributed by atoms with Crippen LogP contribution in [0.1, 0.15) is 150 Å². The molecular formula is C66H120N12O13. The molecule has 0 aliphatic carbocycles. The Balaban J connectivity index is 4.50. The van der Waals surface area contributed by atoms with Gasteiger partial charge in [0, 0.05) is 55.9 Å². The van der Waals surface area contributed by atoms with Crippen LogP contribution in [-0.4, -0.2) is 265 Å². The van der Waals surface area contributed by atoms with Crippen molar-refractivity contribution in [2.24, 2.45) is 41.4 Å².